The maximum atomic E-state index is 13.8. The lowest BCUT2D eigenvalue weighted by molar-refractivity contribution is -0.136. The van der Waals surface area contributed by atoms with Gasteiger partial charge in [0.25, 0.3) is 5.91 Å². The number of nitrogens with zero attached hydrogens (tertiary/aromatic N) is 4. The van der Waals surface area contributed by atoms with Gasteiger partial charge in [0.1, 0.15) is 26.8 Å². The number of piperidine rings is 1. The van der Waals surface area contributed by atoms with Gasteiger partial charge >= 0.3 is 12.1 Å². The van der Waals surface area contributed by atoms with Crippen LogP contribution in [0.25, 0.3) is 10.2 Å². The fourth-order valence-corrected chi connectivity index (χ4v) is 7.83. The second-order valence-corrected chi connectivity index (χ2v) is 15.0. The van der Waals surface area contributed by atoms with Gasteiger partial charge in [-0.25, -0.2) is 14.6 Å². The summed E-state index contributed by atoms with van der Waals surface area (Å²) in [6, 6.07) is 16.2. The first kappa shape index (κ1) is 33.3. The molecule has 5 heterocycles. The molecule has 2 aromatic carbocycles. The second kappa shape index (κ2) is 13.3. The van der Waals surface area contributed by atoms with Gasteiger partial charge in [0, 0.05) is 38.4 Å². The number of benzene rings is 2. The van der Waals surface area contributed by atoms with E-state index in [9.17, 15) is 19.2 Å². The van der Waals surface area contributed by atoms with Crippen molar-refractivity contribution in [2.24, 2.45) is 5.92 Å². The number of amides is 5. The summed E-state index contributed by atoms with van der Waals surface area (Å²) in [6.45, 7) is 9.15. The zero-order valence-corrected chi connectivity index (χ0v) is 29.3. The summed E-state index contributed by atoms with van der Waals surface area (Å²) in [6.07, 6.45) is 3.28. The summed E-state index contributed by atoms with van der Waals surface area (Å²) in [7, 11) is 0. The van der Waals surface area contributed by atoms with Crippen LogP contribution in [0.1, 0.15) is 55.3 Å². The van der Waals surface area contributed by atoms with Crippen molar-refractivity contribution in [3.63, 3.8) is 0 Å². The largest absolute Gasteiger partial charge is 0.457 e. The zero-order chi connectivity index (χ0) is 35.2. The third-order valence-corrected chi connectivity index (χ3v) is 10.2. The number of nitrogens with one attached hydrogen (secondary N) is 2. The average Bonchev–Trinajstić information content (AvgIpc) is 3.72. The highest BCUT2D eigenvalue weighted by Crippen LogP contribution is 2.46. The van der Waals surface area contributed by atoms with Gasteiger partial charge in [-0.3, -0.25) is 14.5 Å². The van der Waals surface area contributed by atoms with E-state index in [0.29, 0.717) is 76.3 Å². The molecule has 2 aromatic heterocycles. The predicted molar refractivity (Wildman–Crippen MR) is 191 cm³/mol. The first-order valence-corrected chi connectivity index (χ1v) is 17.7. The van der Waals surface area contributed by atoms with Crippen molar-refractivity contribution in [1.82, 2.24) is 20.1 Å². The number of rotatable bonds is 6. The fourth-order valence-electron chi connectivity index (χ4n) is 6.81. The van der Waals surface area contributed by atoms with Crippen LogP contribution in [0.3, 0.4) is 0 Å². The van der Waals surface area contributed by atoms with E-state index in [4.69, 9.17) is 9.47 Å². The van der Waals surface area contributed by atoms with Gasteiger partial charge in [0.05, 0.1) is 28.4 Å². The Labute approximate surface area is 294 Å². The second-order valence-electron chi connectivity index (χ2n) is 14.0. The molecule has 4 aromatic rings. The quantitative estimate of drug-likeness (QED) is 0.221. The Balaban J connectivity index is 1.05. The number of ether oxygens (including phenoxy) is 2. The molecule has 2 saturated heterocycles. The summed E-state index contributed by atoms with van der Waals surface area (Å²) in [5, 5.41) is 6.79. The highest BCUT2D eigenvalue weighted by Gasteiger charge is 2.38. The number of aromatic nitrogens is 1. The van der Waals surface area contributed by atoms with E-state index in [2.05, 4.69) is 15.6 Å². The van der Waals surface area contributed by atoms with E-state index in [1.165, 1.54) is 11.3 Å². The monoisotopic (exact) mass is 696 g/mol. The summed E-state index contributed by atoms with van der Waals surface area (Å²) in [5.74, 6) is 0.732. The number of para-hydroxylation sites is 1. The zero-order valence-electron chi connectivity index (χ0n) is 28.5. The van der Waals surface area contributed by atoms with Crippen molar-refractivity contribution in [2.75, 3.05) is 36.4 Å². The Morgan fingerprint density at radius 1 is 0.960 bits per heavy atom. The van der Waals surface area contributed by atoms with Gasteiger partial charge in [-0.05, 0) is 88.9 Å². The maximum absolute atomic E-state index is 13.8. The molecule has 0 saturated carbocycles. The van der Waals surface area contributed by atoms with Crippen molar-refractivity contribution in [3.8, 4) is 11.5 Å². The summed E-state index contributed by atoms with van der Waals surface area (Å²) in [5.41, 5.74) is 1.98. The van der Waals surface area contributed by atoms with Crippen molar-refractivity contribution < 1.29 is 28.7 Å². The molecule has 5 amide bonds. The number of aryl methyl sites for hydroxylation is 1. The molecule has 0 spiro atoms. The van der Waals surface area contributed by atoms with Gasteiger partial charge in [0.2, 0.25) is 5.91 Å². The topological polar surface area (TPSA) is 133 Å². The number of carbonyl (C=O) groups excluding carboxylic acids is 4. The lowest BCUT2D eigenvalue weighted by Gasteiger charge is -2.34. The normalized spacial score (nSPS) is 19.0. The van der Waals surface area contributed by atoms with E-state index < -0.39 is 11.7 Å². The van der Waals surface area contributed by atoms with Crippen LogP contribution < -0.4 is 20.3 Å². The number of carbonyl (C=O) groups is 4. The van der Waals surface area contributed by atoms with Gasteiger partial charge in [-0.15, -0.1) is 11.3 Å². The van der Waals surface area contributed by atoms with Crippen LogP contribution >= 0.6 is 11.3 Å². The molecule has 2 fully saturated rings. The average molecular weight is 697 g/mol. The Morgan fingerprint density at radius 3 is 2.52 bits per heavy atom. The Hall–Kier alpha value is -5.17. The molecule has 0 bridgehead atoms. The first-order chi connectivity index (χ1) is 23.9. The smallest absolute Gasteiger partial charge is 0.410 e. The lowest BCUT2D eigenvalue weighted by atomic mass is 10.0. The number of hydrogen-bond donors (Lipinski definition) is 2. The molecule has 12 nitrogen and oxygen atoms in total. The number of urea groups is 1. The summed E-state index contributed by atoms with van der Waals surface area (Å²) in [4.78, 5) is 64.1. The van der Waals surface area contributed by atoms with Crippen LogP contribution in [0.2, 0.25) is 0 Å². The van der Waals surface area contributed by atoms with Crippen LogP contribution in [0.5, 0.6) is 11.5 Å². The van der Waals surface area contributed by atoms with Crippen LogP contribution in [-0.2, 0) is 9.53 Å². The van der Waals surface area contributed by atoms with Gasteiger partial charge in [0.15, 0.2) is 0 Å². The number of anilines is 3. The minimum atomic E-state index is -0.603. The molecule has 50 heavy (non-hydrogen) atoms. The lowest BCUT2D eigenvalue weighted by Crippen LogP contribution is -2.51. The highest BCUT2D eigenvalue weighted by atomic mass is 32.1. The van der Waals surface area contributed by atoms with Crippen molar-refractivity contribution >= 4 is 62.6 Å². The van der Waals surface area contributed by atoms with Crippen LogP contribution in [0.4, 0.5) is 26.7 Å². The van der Waals surface area contributed by atoms with E-state index >= 15 is 0 Å². The van der Waals surface area contributed by atoms with E-state index in [1.54, 1.807) is 27.0 Å². The third-order valence-electron chi connectivity index (χ3n) is 9.10. The maximum Gasteiger partial charge on any atom is 0.410 e. The highest BCUT2D eigenvalue weighted by molar-refractivity contribution is 7.21. The fraction of sp³-hybridized carbons (Fsp3) is 0.378. The molecule has 7 rings (SSSR count). The van der Waals surface area contributed by atoms with E-state index in [1.807, 2.05) is 76.2 Å². The van der Waals surface area contributed by atoms with Crippen LogP contribution in [0, 0.1) is 12.8 Å². The molecule has 0 aliphatic carbocycles. The van der Waals surface area contributed by atoms with E-state index in [0.717, 1.165) is 18.4 Å². The third kappa shape index (κ3) is 6.69. The molecule has 3 aliphatic rings. The van der Waals surface area contributed by atoms with Crippen LogP contribution in [-0.4, -0.2) is 76.5 Å². The first-order valence-electron chi connectivity index (χ1n) is 16.9. The van der Waals surface area contributed by atoms with Gasteiger partial charge in [-0.1, -0.05) is 18.2 Å². The summed E-state index contributed by atoms with van der Waals surface area (Å²) < 4.78 is 11.5. The minimum absolute atomic E-state index is 0.0110. The van der Waals surface area contributed by atoms with Crippen molar-refractivity contribution in [1.29, 1.82) is 0 Å². The van der Waals surface area contributed by atoms with Crippen LogP contribution in [0.15, 0.2) is 60.8 Å². The molecule has 0 radical (unpaired) electrons. The Kier molecular flexibility index (Phi) is 8.85. The Bertz CT molecular complexity index is 1970. The summed E-state index contributed by atoms with van der Waals surface area (Å²) >= 11 is 1.23. The predicted octanol–water partition coefficient (Wildman–Crippen LogP) is 7.06. The number of hydrogen-bond acceptors (Lipinski definition) is 8. The molecular formula is C37H40N6O6S. The van der Waals surface area contributed by atoms with E-state index in [-0.39, 0.29) is 29.8 Å². The molecule has 2 N–H and O–H groups in total. The molecule has 2 atom stereocenters. The molecular weight excluding hydrogens is 657 g/mol. The van der Waals surface area contributed by atoms with Crippen molar-refractivity contribution in [2.45, 2.75) is 58.6 Å². The SMILES string of the molecule is Cc1cc(Oc2ccccc2)ccc1N1C(=O)Nc2c(C(=O)N[C@@H]3CCCN(C(=O)C4CCN(C(=O)OC(C)(C)C)C4)C3)sc3nccc1c23. The number of thiophene rings is 1. The van der Waals surface area contributed by atoms with Gasteiger partial charge in [-0.2, -0.15) is 0 Å². The van der Waals surface area contributed by atoms with Crippen molar-refractivity contribution in [3.05, 3.63) is 71.2 Å². The minimum Gasteiger partial charge on any atom is -0.457 e. The van der Waals surface area contributed by atoms with Gasteiger partial charge < -0.3 is 29.9 Å². The molecule has 1 unspecified atom stereocenters. The Morgan fingerprint density at radius 2 is 1.76 bits per heavy atom. The standard InChI is InChI=1S/C37H40N6O6S/c1-22-19-26(48-25-10-6-5-7-11-25)12-13-27(22)43-28-14-16-38-33-29(28)30(40-35(43)46)31(50-33)32(44)39-24-9-8-17-41(21-24)34(45)23-15-18-42(20-23)36(47)49-37(2,3)4/h5-7,10-14,16,19,23-24H,8-9,15,17-18,20-21H2,1-4H3,(H,39,44)(H,40,46)/t23?,24-/m1/s1. The number of likely N-dealkylation sites (tertiary alicyclic amines) is 2. The molecule has 3 aliphatic heterocycles. The molecule has 13 heteroatoms. The number of pyridine rings is 1. The molecule has 260 valence electrons.